The SMILES string of the molecule is NC(CSc1ccc(O)c2ccccc12)C(=O)O. The zero-order chi connectivity index (χ0) is 13.1. The van der Waals surface area contributed by atoms with E-state index in [0.29, 0.717) is 5.75 Å². The van der Waals surface area contributed by atoms with Gasteiger partial charge in [0.2, 0.25) is 0 Å². The molecule has 2 aromatic carbocycles. The Morgan fingerprint density at radius 2 is 1.89 bits per heavy atom. The van der Waals surface area contributed by atoms with E-state index in [1.807, 2.05) is 24.3 Å². The lowest BCUT2D eigenvalue weighted by Gasteiger charge is -2.09. The van der Waals surface area contributed by atoms with E-state index in [-0.39, 0.29) is 5.75 Å². The standard InChI is InChI=1S/C13H13NO3S/c14-10(13(16)17)7-18-12-6-5-11(15)8-3-1-2-4-9(8)12/h1-6,10,15H,7,14H2,(H,16,17). The summed E-state index contributed by atoms with van der Waals surface area (Å²) in [5, 5.41) is 20.1. The number of phenols is 1. The summed E-state index contributed by atoms with van der Waals surface area (Å²) >= 11 is 1.38. The summed E-state index contributed by atoms with van der Waals surface area (Å²) in [7, 11) is 0. The number of aromatic hydroxyl groups is 1. The molecule has 2 rings (SSSR count). The van der Waals surface area contributed by atoms with Crippen molar-refractivity contribution in [3.63, 3.8) is 0 Å². The van der Waals surface area contributed by atoms with E-state index >= 15 is 0 Å². The summed E-state index contributed by atoms with van der Waals surface area (Å²) in [6, 6.07) is 9.94. The number of thioether (sulfide) groups is 1. The van der Waals surface area contributed by atoms with Crippen molar-refractivity contribution in [2.45, 2.75) is 10.9 Å². The molecule has 1 atom stereocenters. The zero-order valence-electron chi connectivity index (χ0n) is 9.54. The van der Waals surface area contributed by atoms with Gasteiger partial charge in [-0.3, -0.25) is 4.79 Å². The van der Waals surface area contributed by atoms with Crippen molar-refractivity contribution >= 4 is 28.5 Å². The maximum absolute atomic E-state index is 10.7. The number of hydrogen-bond donors (Lipinski definition) is 3. The molecule has 1 unspecified atom stereocenters. The number of carboxylic acids is 1. The van der Waals surface area contributed by atoms with E-state index in [9.17, 15) is 9.90 Å². The molecule has 18 heavy (non-hydrogen) atoms. The largest absolute Gasteiger partial charge is 0.507 e. The quantitative estimate of drug-likeness (QED) is 0.735. The molecule has 5 heteroatoms. The Bertz CT molecular complexity index is 585. The number of carbonyl (C=O) groups is 1. The average molecular weight is 263 g/mol. The summed E-state index contributed by atoms with van der Waals surface area (Å²) in [5.41, 5.74) is 5.47. The molecule has 0 aliphatic carbocycles. The highest BCUT2D eigenvalue weighted by Crippen LogP contribution is 2.33. The Morgan fingerprint density at radius 1 is 1.22 bits per heavy atom. The minimum atomic E-state index is -1.01. The molecule has 0 radical (unpaired) electrons. The molecular weight excluding hydrogens is 250 g/mol. The van der Waals surface area contributed by atoms with Gasteiger partial charge in [0.25, 0.3) is 0 Å². The van der Waals surface area contributed by atoms with Crippen LogP contribution < -0.4 is 5.73 Å². The Hall–Kier alpha value is -1.72. The highest BCUT2D eigenvalue weighted by Gasteiger charge is 2.13. The summed E-state index contributed by atoms with van der Waals surface area (Å²) in [6.45, 7) is 0. The topological polar surface area (TPSA) is 83.5 Å². The normalized spacial score (nSPS) is 12.5. The molecule has 0 aliphatic rings. The van der Waals surface area contributed by atoms with E-state index < -0.39 is 12.0 Å². The first-order chi connectivity index (χ1) is 8.59. The van der Waals surface area contributed by atoms with Crippen LogP contribution in [-0.2, 0) is 4.79 Å². The van der Waals surface area contributed by atoms with Gasteiger partial charge in [-0.25, -0.2) is 0 Å². The van der Waals surface area contributed by atoms with Gasteiger partial charge in [-0.1, -0.05) is 24.3 Å². The number of aliphatic carboxylic acids is 1. The molecule has 0 heterocycles. The van der Waals surface area contributed by atoms with E-state index in [0.717, 1.165) is 15.7 Å². The van der Waals surface area contributed by atoms with Crippen LogP contribution in [-0.4, -0.2) is 28.0 Å². The second-order valence-electron chi connectivity index (χ2n) is 3.88. The Kier molecular flexibility index (Phi) is 3.74. The third kappa shape index (κ3) is 2.57. The fourth-order valence-electron chi connectivity index (χ4n) is 1.63. The summed E-state index contributed by atoms with van der Waals surface area (Å²) < 4.78 is 0. The van der Waals surface area contributed by atoms with Crippen molar-refractivity contribution in [2.24, 2.45) is 5.73 Å². The fourth-order valence-corrected chi connectivity index (χ4v) is 2.63. The summed E-state index contributed by atoms with van der Waals surface area (Å²) in [4.78, 5) is 11.6. The third-order valence-corrected chi connectivity index (χ3v) is 3.79. The predicted molar refractivity (Wildman–Crippen MR) is 71.9 cm³/mol. The van der Waals surface area contributed by atoms with Crippen LogP contribution in [0.15, 0.2) is 41.3 Å². The van der Waals surface area contributed by atoms with Crippen LogP contribution in [0.25, 0.3) is 10.8 Å². The van der Waals surface area contributed by atoms with Gasteiger partial charge in [0, 0.05) is 16.0 Å². The Morgan fingerprint density at radius 3 is 2.56 bits per heavy atom. The molecule has 0 bridgehead atoms. The van der Waals surface area contributed by atoms with E-state index in [1.54, 1.807) is 12.1 Å². The van der Waals surface area contributed by atoms with E-state index in [2.05, 4.69) is 0 Å². The molecule has 0 amide bonds. The van der Waals surface area contributed by atoms with Crippen molar-refractivity contribution in [3.05, 3.63) is 36.4 Å². The van der Waals surface area contributed by atoms with Crippen LogP contribution in [0.2, 0.25) is 0 Å². The number of phenolic OH excluding ortho intramolecular Hbond substituents is 1. The van der Waals surface area contributed by atoms with Crippen molar-refractivity contribution in [1.29, 1.82) is 0 Å². The predicted octanol–water partition coefficient (Wildman–Crippen LogP) is 2.05. The van der Waals surface area contributed by atoms with Gasteiger partial charge in [-0.15, -0.1) is 11.8 Å². The van der Waals surface area contributed by atoms with Crippen LogP contribution >= 0.6 is 11.8 Å². The number of fused-ring (bicyclic) bond motifs is 1. The van der Waals surface area contributed by atoms with E-state index in [1.165, 1.54) is 11.8 Å². The number of hydrogen-bond acceptors (Lipinski definition) is 4. The molecule has 0 aliphatic heterocycles. The summed E-state index contributed by atoms with van der Waals surface area (Å²) in [5.74, 6) is -0.493. The molecule has 0 aromatic heterocycles. The minimum Gasteiger partial charge on any atom is -0.507 e. The molecular formula is C13H13NO3S. The van der Waals surface area contributed by atoms with Crippen LogP contribution in [0.1, 0.15) is 0 Å². The van der Waals surface area contributed by atoms with Crippen molar-refractivity contribution in [2.75, 3.05) is 5.75 Å². The number of rotatable bonds is 4. The molecule has 0 saturated carbocycles. The smallest absolute Gasteiger partial charge is 0.321 e. The number of benzene rings is 2. The second kappa shape index (κ2) is 5.29. The monoisotopic (exact) mass is 263 g/mol. The molecule has 4 N–H and O–H groups in total. The van der Waals surface area contributed by atoms with Gasteiger partial charge in [-0.05, 0) is 17.5 Å². The van der Waals surface area contributed by atoms with Gasteiger partial charge in [0.05, 0.1) is 0 Å². The van der Waals surface area contributed by atoms with Crippen LogP contribution in [0.3, 0.4) is 0 Å². The van der Waals surface area contributed by atoms with Gasteiger partial charge < -0.3 is 15.9 Å². The van der Waals surface area contributed by atoms with Crippen LogP contribution in [0.5, 0.6) is 5.75 Å². The third-order valence-electron chi connectivity index (χ3n) is 2.60. The minimum absolute atomic E-state index is 0.220. The summed E-state index contributed by atoms with van der Waals surface area (Å²) in [6.07, 6.45) is 0. The van der Waals surface area contributed by atoms with Crippen LogP contribution in [0.4, 0.5) is 0 Å². The first-order valence-corrected chi connectivity index (χ1v) is 6.40. The molecule has 2 aromatic rings. The van der Waals surface area contributed by atoms with Crippen LogP contribution in [0, 0.1) is 0 Å². The number of carboxylic acid groups (broad SMARTS) is 1. The first kappa shape index (κ1) is 12.7. The zero-order valence-corrected chi connectivity index (χ0v) is 10.4. The molecule has 94 valence electrons. The maximum atomic E-state index is 10.7. The molecule has 4 nitrogen and oxygen atoms in total. The first-order valence-electron chi connectivity index (χ1n) is 5.41. The molecule has 0 saturated heterocycles. The maximum Gasteiger partial charge on any atom is 0.321 e. The molecule has 0 fully saturated rings. The lowest BCUT2D eigenvalue weighted by molar-refractivity contribution is -0.137. The highest BCUT2D eigenvalue weighted by molar-refractivity contribution is 7.99. The second-order valence-corrected chi connectivity index (χ2v) is 4.95. The lowest BCUT2D eigenvalue weighted by atomic mass is 10.1. The fraction of sp³-hybridized carbons (Fsp3) is 0.154. The van der Waals surface area contributed by atoms with Gasteiger partial charge in [0.1, 0.15) is 11.8 Å². The highest BCUT2D eigenvalue weighted by atomic mass is 32.2. The van der Waals surface area contributed by atoms with Crippen molar-refractivity contribution in [3.8, 4) is 5.75 Å². The van der Waals surface area contributed by atoms with E-state index in [4.69, 9.17) is 10.8 Å². The van der Waals surface area contributed by atoms with Crippen molar-refractivity contribution < 1.29 is 15.0 Å². The lowest BCUT2D eigenvalue weighted by Crippen LogP contribution is -2.32. The van der Waals surface area contributed by atoms with Gasteiger partial charge >= 0.3 is 5.97 Å². The molecule has 0 spiro atoms. The Labute approximate surface area is 108 Å². The van der Waals surface area contributed by atoms with Gasteiger partial charge in [0.15, 0.2) is 0 Å². The van der Waals surface area contributed by atoms with Gasteiger partial charge in [-0.2, -0.15) is 0 Å². The average Bonchev–Trinajstić information content (AvgIpc) is 2.38. The van der Waals surface area contributed by atoms with Crippen molar-refractivity contribution in [1.82, 2.24) is 0 Å². The Balaban J connectivity index is 2.29. The number of nitrogens with two attached hydrogens (primary N) is 1.